The second-order valence-corrected chi connectivity index (χ2v) is 8.90. The molecule has 0 radical (unpaired) electrons. The molecule has 1 fully saturated rings. The topological polar surface area (TPSA) is 102 Å². The number of Topliss-reactive ketones (excluding diaryl/α,β-unsaturated/α-hetero) is 1. The average molecular weight is 396 g/mol. The summed E-state index contributed by atoms with van der Waals surface area (Å²) in [4.78, 5) is 24.7. The first-order chi connectivity index (χ1) is 12.8. The van der Waals surface area contributed by atoms with Crippen LogP contribution < -0.4 is 14.8 Å². The average Bonchev–Trinajstić information content (AvgIpc) is 3.08. The number of anilines is 1. The van der Waals surface area contributed by atoms with E-state index in [1.165, 1.54) is 11.2 Å². The summed E-state index contributed by atoms with van der Waals surface area (Å²) in [5.74, 6) is 0.0411. The van der Waals surface area contributed by atoms with E-state index < -0.39 is 15.9 Å². The SMILES string of the molecule is CCCS(=O)(=O)N1CCC[C@@H](C(=O)Nc2cc3c(cc2C(C)=O)OCO3)C1. The van der Waals surface area contributed by atoms with E-state index in [0.29, 0.717) is 48.6 Å². The maximum atomic E-state index is 12.8. The van der Waals surface area contributed by atoms with Crippen LogP contribution in [0.3, 0.4) is 0 Å². The van der Waals surface area contributed by atoms with Crippen molar-refractivity contribution in [3.05, 3.63) is 17.7 Å². The van der Waals surface area contributed by atoms with Crippen molar-refractivity contribution >= 4 is 27.4 Å². The normalized spacial score (nSPS) is 19.7. The van der Waals surface area contributed by atoms with Crippen molar-refractivity contribution in [2.45, 2.75) is 33.1 Å². The molecule has 0 aromatic heterocycles. The Kier molecular flexibility index (Phi) is 5.71. The Morgan fingerprint density at radius 1 is 1.26 bits per heavy atom. The number of nitrogens with one attached hydrogen (secondary N) is 1. The number of fused-ring (bicyclic) bond motifs is 1. The number of rotatable bonds is 6. The molecule has 2 heterocycles. The Balaban J connectivity index is 1.76. The van der Waals surface area contributed by atoms with E-state index in [-0.39, 0.29) is 30.8 Å². The molecule has 0 aliphatic carbocycles. The monoisotopic (exact) mass is 396 g/mol. The number of benzene rings is 1. The minimum Gasteiger partial charge on any atom is -0.454 e. The van der Waals surface area contributed by atoms with Crippen molar-refractivity contribution in [2.24, 2.45) is 5.92 Å². The van der Waals surface area contributed by atoms with E-state index >= 15 is 0 Å². The fourth-order valence-electron chi connectivity index (χ4n) is 3.37. The number of piperidine rings is 1. The first kappa shape index (κ1) is 19.6. The molecule has 8 nitrogen and oxygen atoms in total. The second-order valence-electron chi connectivity index (χ2n) is 6.81. The van der Waals surface area contributed by atoms with E-state index in [2.05, 4.69) is 5.32 Å². The van der Waals surface area contributed by atoms with Crippen LogP contribution in [0.1, 0.15) is 43.5 Å². The molecule has 1 aromatic rings. The zero-order chi connectivity index (χ0) is 19.6. The van der Waals surface area contributed by atoms with Gasteiger partial charge < -0.3 is 14.8 Å². The van der Waals surface area contributed by atoms with E-state index in [0.717, 1.165) is 0 Å². The highest BCUT2D eigenvalue weighted by Crippen LogP contribution is 2.37. The summed E-state index contributed by atoms with van der Waals surface area (Å²) in [6.07, 6.45) is 1.76. The lowest BCUT2D eigenvalue weighted by molar-refractivity contribution is -0.120. The summed E-state index contributed by atoms with van der Waals surface area (Å²) < 4.78 is 36.6. The van der Waals surface area contributed by atoms with Crippen molar-refractivity contribution in [1.82, 2.24) is 4.31 Å². The molecule has 1 saturated heterocycles. The molecule has 1 N–H and O–H groups in total. The van der Waals surface area contributed by atoms with Gasteiger partial charge >= 0.3 is 0 Å². The molecule has 9 heteroatoms. The van der Waals surface area contributed by atoms with Crippen molar-refractivity contribution in [3.8, 4) is 11.5 Å². The summed E-state index contributed by atoms with van der Waals surface area (Å²) in [6.45, 7) is 3.89. The van der Waals surface area contributed by atoms with Crippen LogP contribution in [0.25, 0.3) is 0 Å². The molecule has 0 bridgehead atoms. The van der Waals surface area contributed by atoms with E-state index in [4.69, 9.17) is 9.47 Å². The number of ketones is 1. The predicted octanol–water partition coefficient (Wildman–Crippen LogP) is 2.01. The van der Waals surface area contributed by atoms with Crippen molar-refractivity contribution in [1.29, 1.82) is 0 Å². The molecule has 0 saturated carbocycles. The molecule has 3 rings (SSSR count). The highest BCUT2D eigenvalue weighted by atomic mass is 32.2. The first-order valence-corrected chi connectivity index (χ1v) is 10.7. The summed E-state index contributed by atoms with van der Waals surface area (Å²) in [7, 11) is -3.34. The van der Waals surface area contributed by atoms with Crippen LogP contribution in [0, 0.1) is 5.92 Å². The van der Waals surface area contributed by atoms with Crippen LogP contribution in [0.4, 0.5) is 5.69 Å². The molecule has 2 aliphatic heterocycles. The smallest absolute Gasteiger partial charge is 0.231 e. The van der Waals surface area contributed by atoms with Crippen molar-refractivity contribution in [2.75, 3.05) is 31.0 Å². The summed E-state index contributed by atoms with van der Waals surface area (Å²) >= 11 is 0. The second kappa shape index (κ2) is 7.85. The number of carbonyl (C=O) groups excluding carboxylic acids is 2. The predicted molar refractivity (Wildman–Crippen MR) is 99.6 cm³/mol. The third-order valence-corrected chi connectivity index (χ3v) is 6.80. The van der Waals surface area contributed by atoms with Gasteiger partial charge in [0.2, 0.25) is 22.7 Å². The minimum absolute atomic E-state index is 0.0664. The summed E-state index contributed by atoms with van der Waals surface area (Å²) in [5, 5.41) is 2.78. The molecular formula is C18H24N2O6S. The maximum Gasteiger partial charge on any atom is 0.231 e. The highest BCUT2D eigenvalue weighted by molar-refractivity contribution is 7.89. The number of amides is 1. The Morgan fingerprint density at radius 2 is 1.96 bits per heavy atom. The number of hydrogen-bond acceptors (Lipinski definition) is 6. The standard InChI is InChI=1S/C18H24N2O6S/c1-3-7-27(23,24)20-6-4-5-13(10-20)18(22)19-15-9-17-16(25-11-26-17)8-14(15)12(2)21/h8-9,13H,3-7,10-11H2,1-2H3,(H,19,22)/t13-/m1/s1. The maximum absolute atomic E-state index is 12.8. The Bertz CT molecular complexity index is 852. The lowest BCUT2D eigenvalue weighted by Crippen LogP contribution is -2.44. The van der Waals surface area contributed by atoms with Crippen LogP contribution in [-0.2, 0) is 14.8 Å². The minimum atomic E-state index is -3.34. The molecule has 1 aromatic carbocycles. The van der Waals surface area contributed by atoms with Gasteiger partial charge in [-0.25, -0.2) is 12.7 Å². The van der Waals surface area contributed by atoms with Crippen LogP contribution in [0.5, 0.6) is 11.5 Å². The molecular weight excluding hydrogens is 372 g/mol. The quantitative estimate of drug-likeness (QED) is 0.738. The molecule has 1 amide bonds. The van der Waals surface area contributed by atoms with Crippen LogP contribution in [0.2, 0.25) is 0 Å². The lowest BCUT2D eigenvalue weighted by Gasteiger charge is -2.31. The van der Waals surface area contributed by atoms with E-state index in [1.54, 1.807) is 12.1 Å². The fraction of sp³-hybridized carbons (Fsp3) is 0.556. The largest absolute Gasteiger partial charge is 0.454 e. The Labute approximate surface area is 158 Å². The number of nitrogens with zero attached hydrogens (tertiary/aromatic N) is 1. The van der Waals surface area contributed by atoms with Gasteiger partial charge in [-0.05, 0) is 32.3 Å². The van der Waals surface area contributed by atoms with Crippen molar-refractivity contribution in [3.63, 3.8) is 0 Å². The third-order valence-electron chi connectivity index (χ3n) is 4.76. The molecule has 2 aliphatic rings. The molecule has 0 unspecified atom stereocenters. The Morgan fingerprint density at radius 3 is 2.63 bits per heavy atom. The van der Waals surface area contributed by atoms with Gasteiger partial charge in [-0.2, -0.15) is 0 Å². The number of sulfonamides is 1. The van der Waals surface area contributed by atoms with Gasteiger partial charge in [-0.3, -0.25) is 9.59 Å². The fourth-order valence-corrected chi connectivity index (χ4v) is 4.96. The van der Waals surface area contributed by atoms with Crippen LogP contribution in [0.15, 0.2) is 12.1 Å². The Hall–Kier alpha value is -2.13. The summed E-state index contributed by atoms with van der Waals surface area (Å²) in [5.41, 5.74) is 0.684. The zero-order valence-electron chi connectivity index (χ0n) is 15.5. The van der Waals surface area contributed by atoms with E-state index in [1.807, 2.05) is 6.92 Å². The van der Waals surface area contributed by atoms with Crippen LogP contribution >= 0.6 is 0 Å². The van der Waals surface area contributed by atoms with Gasteiger partial charge in [0.05, 0.1) is 17.4 Å². The first-order valence-electron chi connectivity index (χ1n) is 9.05. The van der Waals surface area contributed by atoms with Gasteiger partial charge in [-0.15, -0.1) is 0 Å². The van der Waals surface area contributed by atoms with Gasteiger partial charge in [0, 0.05) is 24.7 Å². The van der Waals surface area contributed by atoms with Gasteiger partial charge in [0.1, 0.15) is 0 Å². The number of hydrogen-bond donors (Lipinski definition) is 1. The molecule has 1 atom stereocenters. The van der Waals surface area contributed by atoms with Gasteiger partial charge in [0.15, 0.2) is 17.3 Å². The van der Waals surface area contributed by atoms with Crippen molar-refractivity contribution < 1.29 is 27.5 Å². The summed E-state index contributed by atoms with van der Waals surface area (Å²) in [6, 6.07) is 3.13. The molecule has 148 valence electrons. The number of ether oxygens (including phenoxy) is 2. The zero-order valence-corrected chi connectivity index (χ0v) is 16.3. The molecule has 27 heavy (non-hydrogen) atoms. The van der Waals surface area contributed by atoms with Gasteiger partial charge in [0.25, 0.3) is 0 Å². The van der Waals surface area contributed by atoms with E-state index in [9.17, 15) is 18.0 Å². The molecule has 0 spiro atoms. The third kappa shape index (κ3) is 4.24. The number of carbonyl (C=O) groups is 2. The lowest BCUT2D eigenvalue weighted by atomic mass is 9.98. The van der Waals surface area contributed by atoms with Gasteiger partial charge in [-0.1, -0.05) is 6.92 Å². The highest BCUT2D eigenvalue weighted by Gasteiger charge is 2.32. The van der Waals surface area contributed by atoms with Crippen LogP contribution in [-0.4, -0.2) is 50.0 Å².